The summed E-state index contributed by atoms with van der Waals surface area (Å²) in [5.74, 6) is 6.62. The van der Waals surface area contributed by atoms with Crippen molar-refractivity contribution in [3.63, 3.8) is 0 Å². The van der Waals surface area contributed by atoms with Crippen molar-refractivity contribution in [3.8, 4) is 5.75 Å². The van der Waals surface area contributed by atoms with Gasteiger partial charge in [-0.05, 0) is 33.6 Å². The van der Waals surface area contributed by atoms with Crippen LogP contribution in [0.15, 0.2) is 6.20 Å². The van der Waals surface area contributed by atoms with Crippen molar-refractivity contribution in [1.29, 1.82) is 0 Å². The van der Waals surface area contributed by atoms with Crippen LogP contribution in [0.5, 0.6) is 5.75 Å². The third kappa shape index (κ3) is 3.11. The molecule has 0 spiro atoms. The molecule has 5 heteroatoms. The Morgan fingerprint density at radius 1 is 1.50 bits per heavy atom. The van der Waals surface area contributed by atoms with Crippen molar-refractivity contribution in [1.82, 2.24) is 10.4 Å². The number of nitrogens with two attached hydrogens (primary N) is 1. The zero-order valence-corrected chi connectivity index (χ0v) is 12.8. The minimum atomic E-state index is 0.0820. The fourth-order valence-corrected chi connectivity index (χ4v) is 2.91. The van der Waals surface area contributed by atoms with Gasteiger partial charge < -0.3 is 9.47 Å². The first kappa shape index (κ1) is 15.2. The number of ether oxygens (including phenoxy) is 2. The molecule has 3 unspecified atom stereocenters. The summed E-state index contributed by atoms with van der Waals surface area (Å²) in [6.07, 6.45) is 5.20. The Morgan fingerprint density at radius 2 is 2.25 bits per heavy atom. The highest BCUT2D eigenvalue weighted by atomic mass is 16.5. The summed E-state index contributed by atoms with van der Waals surface area (Å²) in [5.41, 5.74) is 6.03. The van der Waals surface area contributed by atoms with Gasteiger partial charge in [-0.1, -0.05) is 0 Å². The highest BCUT2D eigenvalue weighted by molar-refractivity contribution is 5.41. The fourth-order valence-electron chi connectivity index (χ4n) is 2.91. The lowest BCUT2D eigenvalue weighted by atomic mass is 9.99. The molecule has 1 aliphatic rings. The van der Waals surface area contributed by atoms with Gasteiger partial charge >= 0.3 is 0 Å². The molecule has 1 aliphatic heterocycles. The largest absolute Gasteiger partial charge is 0.496 e. The van der Waals surface area contributed by atoms with Crippen molar-refractivity contribution in [2.75, 3.05) is 7.11 Å². The van der Waals surface area contributed by atoms with Crippen LogP contribution in [0.3, 0.4) is 0 Å². The van der Waals surface area contributed by atoms with Crippen LogP contribution in [0.1, 0.15) is 36.6 Å². The molecule has 0 aromatic carbocycles. The van der Waals surface area contributed by atoms with Crippen LogP contribution in [0, 0.1) is 13.8 Å². The van der Waals surface area contributed by atoms with E-state index in [-0.39, 0.29) is 12.1 Å². The van der Waals surface area contributed by atoms with Gasteiger partial charge in [0.25, 0.3) is 0 Å². The fraction of sp³-hybridized carbons (Fsp3) is 0.667. The van der Waals surface area contributed by atoms with Gasteiger partial charge in [-0.2, -0.15) is 0 Å². The number of aryl methyl sites for hydroxylation is 1. The van der Waals surface area contributed by atoms with E-state index in [0.29, 0.717) is 6.10 Å². The third-order valence-corrected chi connectivity index (χ3v) is 4.09. The molecule has 0 saturated carbocycles. The Hall–Kier alpha value is -1.17. The maximum absolute atomic E-state index is 5.91. The summed E-state index contributed by atoms with van der Waals surface area (Å²) in [6, 6.07) is 0.0820. The molecule has 20 heavy (non-hydrogen) atoms. The Kier molecular flexibility index (Phi) is 4.96. The maximum atomic E-state index is 5.91. The average Bonchev–Trinajstić information content (AvgIpc) is 2.85. The van der Waals surface area contributed by atoms with E-state index in [4.69, 9.17) is 15.3 Å². The van der Waals surface area contributed by atoms with Gasteiger partial charge in [0.2, 0.25) is 0 Å². The SMILES string of the molecule is COc1c(C)cnc(CC(NN)C2CCC(C)O2)c1C. The van der Waals surface area contributed by atoms with E-state index >= 15 is 0 Å². The summed E-state index contributed by atoms with van der Waals surface area (Å²) in [6.45, 7) is 6.15. The summed E-state index contributed by atoms with van der Waals surface area (Å²) >= 11 is 0. The summed E-state index contributed by atoms with van der Waals surface area (Å²) in [4.78, 5) is 4.53. The molecule has 2 rings (SSSR count). The first-order valence-electron chi connectivity index (χ1n) is 7.17. The molecule has 1 aromatic heterocycles. The van der Waals surface area contributed by atoms with E-state index < -0.39 is 0 Å². The van der Waals surface area contributed by atoms with Crippen LogP contribution in [0.4, 0.5) is 0 Å². The first-order valence-corrected chi connectivity index (χ1v) is 7.17. The maximum Gasteiger partial charge on any atom is 0.128 e. The molecule has 0 bridgehead atoms. The topological polar surface area (TPSA) is 69.4 Å². The number of aromatic nitrogens is 1. The Balaban J connectivity index is 2.15. The van der Waals surface area contributed by atoms with Gasteiger partial charge in [0, 0.05) is 29.4 Å². The van der Waals surface area contributed by atoms with Gasteiger partial charge in [0.15, 0.2) is 0 Å². The van der Waals surface area contributed by atoms with E-state index in [2.05, 4.69) is 17.3 Å². The van der Waals surface area contributed by atoms with Gasteiger partial charge in [-0.15, -0.1) is 0 Å². The predicted octanol–water partition coefficient (Wildman–Crippen LogP) is 1.65. The van der Waals surface area contributed by atoms with Crippen LogP contribution in [0.25, 0.3) is 0 Å². The van der Waals surface area contributed by atoms with Crippen molar-refractivity contribution in [2.45, 2.75) is 58.3 Å². The smallest absolute Gasteiger partial charge is 0.128 e. The molecule has 1 aromatic rings. The summed E-state index contributed by atoms with van der Waals surface area (Å²) in [5, 5.41) is 0. The van der Waals surface area contributed by atoms with Gasteiger partial charge in [-0.3, -0.25) is 16.3 Å². The number of hydrogen-bond acceptors (Lipinski definition) is 5. The number of nitrogens with zero attached hydrogens (tertiary/aromatic N) is 1. The van der Waals surface area contributed by atoms with Crippen LogP contribution in [-0.2, 0) is 11.2 Å². The third-order valence-electron chi connectivity index (χ3n) is 4.09. The molecule has 5 nitrogen and oxygen atoms in total. The second-order valence-corrected chi connectivity index (χ2v) is 5.59. The lowest BCUT2D eigenvalue weighted by Gasteiger charge is -2.23. The van der Waals surface area contributed by atoms with Crippen LogP contribution in [0.2, 0.25) is 0 Å². The lowest BCUT2D eigenvalue weighted by molar-refractivity contribution is 0.0318. The monoisotopic (exact) mass is 279 g/mol. The highest BCUT2D eigenvalue weighted by Crippen LogP contribution is 2.27. The molecule has 1 saturated heterocycles. The number of methoxy groups -OCH3 is 1. The molecular formula is C15H25N3O2. The normalized spacial score (nSPS) is 23.9. The predicted molar refractivity (Wildman–Crippen MR) is 78.6 cm³/mol. The molecule has 112 valence electrons. The van der Waals surface area contributed by atoms with Crippen LogP contribution >= 0.6 is 0 Å². The van der Waals surface area contributed by atoms with Crippen molar-refractivity contribution < 1.29 is 9.47 Å². The minimum absolute atomic E-state index is 0.0820. The van der Waals surface area contributed by atoms with Gasteiger partial charge in [0.05, 0.1) is 25.4 Å². The summed E-state index contributed by atoms with van der Waals surface area (Å²) < 4.78 is 11.4. The standard InChI is InChI=1S/C15H25N3O2/c1-9-8-17-12(11(3)15(9)19-4)7-13(18-16)14-6-5-10(2)20-14/h8,10,13-14,18H,5-7,16H2,1-4H3. The van der Waals surface area contributed by atoms with Crippen LogP contribution < -0.4 is 16.0 Å². The Labute approximate surface area is 120 Å². The molecule has 2 heterocycles. The quantitative estimate of drug-likeness (QED) is 0.633. The number of rotatable bonds is 5. The molecule has 3 atom stereocenters. The van der Waals surface area contributed by atoms with Gasteiger partial charge in [-0.25, -0.2) is 0 Å². The molecule has 0 radical (unpaired) electrons. The molecule has 1 fully saturated rings. The first-order chi connectivity index (χ1) is 9.56. The Bertz CT molecular complexity index is 465. The minimum Gasteiger partial charge on any atom is -0.496 e. The zero-order chi connectivity index (χ0) is 14.7. The van der Waals surface area contributed by atoms with E-state index in [9.17, 15) is 0 Å². The summed E-state index contributed by atoms with van der Waals surface area (Å²) in [7, 11) is 1.69. The highest BCUT2D eigenvalue weighted by Gasteiger charge is 2.30. The van der Waals surface area contributed by atoms with Crippen molar-refractivity contribution >= 4 is 0 Å². The number of hydrogen-bond donors (Lipinski definition) is 2. The van der Waals surface area contributed by atoms with E-state index in [1.807, 2.05) is 20.0 Å². The zero-order valence-electron chi connectivity index (χ0n) is 12.8. The van der Waals surface area contributed by atoms with E-state index in [0.717, 1.165) is 41.8 Å². The molecular weight excluding hydrogens is 254 g/mol. The van der Waals surface area contributed by atoms with Gasteiger partial charge in [0.1, 0.15) is 5.75 Å². The Morgan fingerprint density at radius 3 is 2.80 bits per heavy atom. The van der Waals surface area contributed by atoms with E-state index in [1.54, 1.807) is 7.11 Å². The second kappa shape index (κ2) is 6.52. The van der Waals surface area contributed by atoms with Crippen molar-refractivity contribution in [2.24, 2.45) is 5.84 Å². The number of nitrogens with one attached hydrogen (secondary N) is 1. The average molecular weight is 279 g/mol. The lowest BCUT2D eigenvalue weighted by Crippen LogP contribution is -2.45. The van der Waals surface area contributed by atoms with Crippen LogP contribution in [-0.4, -0.2) is 30.3 Å². The molecule has 3 N–H and O–H groups in total. The number of pyridine rings is 1. The van der Waals surface area contributed by atoms with E-state index in [1.165, 1.54) is 0 Å². The van der Waals surface area contributed by atoms with Crippen molar-refractivity contribution in [3.05, 3.63) is 23.0 Å². The molecule has 0 amide bonds. The second-order valence-electron chi connectivity index (χ2n) is 5.59. The molecule has 0 aliphatic carbocycles. The number of hydrazine groups is 1.